The van der Waals surface area contributed by atoms with E-state index in [2.05, 4.69) is 12.2 Å². The van der Waals surface area contributed by atoms with Crippen molar-refractivity contribution in [2.45, 2.75) is 32.6 Å². The molecule has 3 nitrogen and oxygen atoms in total. The molecule has 1 amide bonds. The molecule has 1 aromatic carbocycles. The summed E-state index contributed by atoms with van der Waals surface area (Å²) in [5.74, 6) is 2.92. The Balaban J connectivity index is 1.57. The molecule has 2 atom stereocenters. The third-order valence-corrected chi connectivity index (χ3v) is 4.19. The van der Waals surface area contributed by atoms with Gasteiger partial charge in [0.05, 0.1) is 6.61 Å². The maximum atomic E-state index is 12.2. The minimum absolute atomic E-state index is 0.180. The van der Waals surface area contributed by atoms with E-state index < -0.39 is 0 Å². The van der Waals surface area contributed by atoms with Crippen molar-refractivity contribution in [1.29, 1.82) is 0 Å². The molecule has 3 heteroatoms. The van der Waals surface area contributed by atoms with Crippen molar-refractivity contribution in [2.75, 3.05) is 11.9 Å². The van der Waals surface area contributed by atoms with Crippen LogP contribution in [0.25, 0.3) is 0 Å². The van der Waals surface area contributed by atoms with Gasteiger partial charge in [-0.05, 0) is 49.7 Å². The summed E-state index contributed by atoms with van der Waals surface area (Å²) >= 11 is 0. The van der Waals surface area contributed by atoms with Crippen molar-refractivity contribution in [3.63, 3.8) is 0 Å². The van der Waals surface area contributed by atoms with E-state index in [1.165, 1.54) is 6.42 Å². The summed E-state index contributed by atoms with van der Waals surface area (Å²) < 4.78 is 5.58. The van der Waals surface area contributed by atoms with Gasteiger partial charge in [0.15, 0.2) is 0 Å². The Morgan fingerprint density at radius 1 is 1.32 bits per heavy atom. The number of hydrogen-bond acceptors (Lipinski definition) is 2. The van der Waals surface area contributed by atoms with Crippen molar-refractivity contribution < 1.29 is 9.53 Å². The lowest BCUT2D eigenvalue weighted by Crippen LogP contribution is -2.21. The molecule has 102 valence electrons. The van der Waals surface area contributed by atoms with Crippen LogP contribution in [0.1, 0.15) is 32.6 Å². The highest BCUT2D eigenvalue weighted by atomic mass is 16.5. The number of hydrogen-bond donors (Lipinski definition) is 1. The number of amides is 1. The van der Waals surface area contributed by atoms with Gasteiger partial charge in [-0.3, -0.25) is 4.79 Å². The van der Waals surface area contributed by atoms with Crippen LogP contribution in [0.3, 0.4) is 0 Å². The summed E-state index contributed by atoms with van der Waals surface area (Å²) in [6, 6.07) is 7.68. The van der Waals surface area contributed by atoms with E-state index in [0.717, 1.165) is 42.5 Å². The molecule has 0 saturated heterocycles. The molecule has 0 bridgehead atoms. The molecular weight excluding hydrogens is 238 g/mol. The van der Waals surface area contributed by atoms with E-state index in [1.54, 1.807) is 0 Å². The van der Waals surface area contributed by atoms with E-state index in [0.29, 0.717) is 6.61 Å². The van der Waals surface area contributed by atoms with Crippen molar-refractivity contribution >= 4 is 11.6 Å². The summed E-state index contributed by atoms with van der Waals surface area (Å²) in [6.45, 7) is 2.79. The summed E-state index contributed by atoms with van der Waals surface area (Å²) in [6.07, 6.45) is 4.51. The van der Waals surface area contributed by atoms with Gasteiger partial charge in [0.1, 0.15) is 5.75 Å². The minimum Gasteiger partial charge on any atom is -0.494 e. The smallest absolute Gasteiger partial charge is 0.227 e. The zero-order valence-corrected chi connectivity index (χ0v) is 11.4. The maximum absolute atomic E-state index is 12.2. The summed E-state index contributed by atoms with van der Waals surface area (Å²) in [5, 5.41) is 3.02. The Morgan fingerprint density at radius 3 is 2.84 bits per heavy atom. The highest BCUT2D eigenvalue weighted by molar-refractivity contribution is 5.93. The molecule has 1 N–H and O–H groups in total. The molecule has 3 rings (SSSR count). The topological polar surface area (TPSA) is 38.3 Å². The van der Waals surface area contributed by atoms with Crippen LogP contribution < -0.4 is 10.1 Å². The second kappa shape index (κ2) is 5.24. The lowest BCUT2D eigenvalue weighted by atomic mass is 10.0. The number of nitrogens with one attached hydrogen (secondary N) is 1. The van der Waals surface area contributed by atoms with Gasteiger partial charge >= 0.3 is 0 Å². The lowest BCUT2D eigenvalue weighted by Gasteiger charge is -2.13. The number of ether oxygens (including phenoxy) is 1. The van der Waals surface area contributed by atoms with Gasteiger partial charge in [-0.2, -0.15) is 0 Å². The molecule has 0 spiro atoms. The van der Waals surface area contributed by atoms with Gasteiger partial charge in [-0.1, -0.05) is 13.0 Å². The third kappa shape index (κ3) is 2.91. The fourth-order valence-corrected chi connectivity index (χ4v) is 3.06. The average Bonchev–Trinajstić information content (AvgIpc) is 3.03. The Kier molecular flexibility index (Phi) is 3.45. The van der Waals surface area contributed by atoms with E-state index in [4.69, 9.17) is 4.74 Å². The quantitative estimate of drug-likeness (QED) is 0.879. The first-order chi connectivity index (χ1) is 9.26. The second-order valence-electron chi connectivity index (χ2n) is 5.79. The van der Waals surface area contributed by atoms with E-state index in [-0.39, 0.29) is 11.8 Å². The van der Waals surface area contributed by atoms with Crippen molar-refractivity contribution in [3.05, 3.63) is 24.3 Å². The SMILES string of the molecule is CCCOc1cccc(NC(=O)C2CC3CC3C2)c1. The van der Waals surface area contributed by atoms with Gasteiger partial charge in [-0.15, -0.1) is 0 Å². The number of carbonyl (C=O) groups is 1. The van der Waals surface area contributed by atoms with Gasteiger partial charge in [0.25, 0.3) is 0 Å². The molecule has 0 aromatic heterocycles. The Hall–Kier alpha value is -1.51. The first kappa shape index (κ1) is 12.5. The van der Waals surface area contributed by atoms with E-state index in [1.807, 2.05) is 24.3 Å². The van der Waals surface area contributed by atoms with Crippen molar-refractivity contribution in [1.82, 2.24) is 0 Å². The number of fused-ring (bicyclic) bond motifs is 1. The van der Waals surface area contributed by atoms with Crippen molar-refractivity contribution in [3.8, 4) is 5.75 Å². The Morgan fingerprint density at radius 2 is 2.11 bits per heavy atom. The normalized spacial score (nSPS) is 27.7. The van der Waals surface area contributed by atoms with Crippen LogP contribution >= 0.6 is 0 Å². The molecule has 2 unspecified atom stereocenters. The monoisotopic (exact) mass is 259 g/mol. The van der Waals surface area contributed by atoms with Gasteiger partial charge in [0, 0.05) is 17.7 Å². The molecule has 2 fully saturated rings. The highest BCUT2D eigenvalue weighted by Crippen LogP contribution is 2.54. The molecule has 2 aliphatic carbocycles. The summed E-state index contributed by atoms with van der Waals surface area (Å²) in [5.41, 5.74) is 0.846. The van der Waals surface area contributed by atoms with Gasteiger partial charge < -0.3 is 10.1 Å². The number of rotatable bonds is 5. The van der Waals surface area contributed by atoms with Crippen LogP contribution in [-0.4, -0.2) is 12.5 Å². The Bertz CT molecular complexity index is 462. The molecule has 1 aromatic rings. The predicted molar refractivity (Wildman–Crippen MR) is 75.2 cm³/mol. The summed E-state index contributed by atoms with van der Waals surface area (Å²) in [4.78, 5) is 12.2. The van der Waals surface area contributed by atoms with Crippen LogP contribution in [0, 0.1) is 17.8 Å². The average molecular weight is 259 g/mol. The molecule has 19 heavy (non-hydrogen) atoms. The molecule has 0 radical (unpaired) electrons. The maximum Gasteiger partial charge on any atom is 0.227 e. The van der Waals surface area contributed by atoms with Crippen molar-refractivity contribution in [2.24, 2.45) is 17.8 Å². The molecule has 2 saturated carbocycles. The first-order valence-corrected chi connectivity index (χ1v) is 7.30. The summed E-state index contributed by atoms with van der Waals surface area (Å²) in [7, 11) is 0. The highest BCUT2D eigenvalue weighted by Gasteiger charge is 2.47. The van der Waals surface area contributed by atoms with Gasteiger partial charge in [0.2, 0.25) is 5.91 Å². The van der Waals surface area contributed by atoms with Crippen LogP contribution in [0.2, 0.25) is 0 Å². The number of anilines is 1. The lowest BCUT2D eigenvalue weighted by molar-refractivity contribution is -0.120. The van der Waals surface area contributed by atoms with Crippen LogP contribution in [0.4, 0.5) is 5.69 Å². The molecular formula is C16H21NO2. The fourth-order valence-electron chi connectivity index (χ4n) is 3.06. The standard InChI is InChI=1S/C16H21NO2/c1-2-6-19-15-5-3-4-14(10-15)17-16(18)13-8-11-7-12(11)9-13/h3-5,10-13H,2,6-9H2,1H3,(H,17,18). The zero-order chi connectivity index (χ0) is 13.2. The zero-order valence-electron chi connectivity index (χ0n) is 11.4. The second-order valence-corrected chi connectivity index (χ2v) is 5.79. The molecule has 0 aliphatic heterocycles. The first-order valence-electron chi connectivity index (χ1n) is 7.30. The fraction of sp³-hybridized carbons (Fsp3) is 0.562. The third-order valence-electron chi connectivity index (χ3n) is 4.19. The minimum atomic E-state index is 0.180. The molecule has 0 heterocycles. The van der Waals surface area contributed by atoms with E-state index in [9.17, 15) is 4.79 Å². The van der Waals surface area contributed by atoms with Crippen LogP contribution in [0.5, 0.6) is 5.75 Å². The number of carbonyl (C=O) groups excluding carboxylic acids is 1. The predicted octanol–water partition coefficient (Wildman–Crippen LogP) is 3.46. The van der Waals surface area contributed by atoms with Crippen LogP contribution in [-0.2, 0) is 4.79 Å². The number of benzene rings is 1. The van der Waals surface area contributed by atoms with Gasteiger partial charge in [-0.25, -0.2) is 0 Å². The molecule has 2 aliphatic rings. The largest absolute Gasteiger partial charge is 0.494 e. The van der Waals surface area contributed by atoms with E-state index >= 15 is 0 Å². The Labute approximate surface area is 114 Å². The van der Waals surface area contributed by atoms with Crippen LogP contribution in [0.15, 0.2) is 24.3 Å².